The summed E-state index contributed by atoms with van der Waals surface area (Å²) < 4.78 is 20.5. The zero-order chi connectivity index (χ0) is 11.8. The number of aromatic nitrogens is 3. The number of hydrogen-bond donors (Lipinski definition) is 1. The monoisotopic (exact) mass is 236 g/mol. The lowest BCUT2D eigenvalue weighted by atomic mass is 10.1. The van der Waals surface area contributed by atoms with Crippen molar-refractivity contribution >= 4 is 16.7 Å². The van der Waals surface area contributed by atoms with Crippen LogP contribution in [0.15, 0.2) is 12.1 Å². The van der Waals surface area contributed by atoms with Crippen molar-refractivity contribution < 1.29 is 9.13 Å². The molecule has 90 valence electrons. The van der Waals surface area contributed by atoms with Gasteiger partial charge in [0.1, 0.15) is 11.3 Å². The number of rotatable bonds is 1. The first-order valence-corrected chi connectivity index (χ1v) is 5.63. The minimum Gasteiger partial charge on any atom is -0.396 e. The first kappa shape index (κ1) is 10.5. The van der Waals surface area contributed by atoms with Crippen LogP contribution >= 0.6 is 0 Å². The first-order valence-electron chi connectivity index (χ1n) is 5.63. The van der Waals surface area contributed by atoms with Crippen LogP contribution in [-0.4, -0.2) is 28.2 Å². The summed E-state index contributed by atoms with van der Waals surface area (Å²) in [5, 5.41) is 8.11. The molecular formula is C11H13FN4O. The van der Waals surface area contributed by atoms with E-state index in [2.05, 4.69) is 10.3 Å². The maximum atomic E-state index is 13.5. The Labute approximate surface area is 97.3 Å². The maximum Gasteiger partial charge on any atom is 0.148 e. The molecule has 0 radical (unpaired) electrons. The predicted octanol–water partition coefficient (Wildman–Crippen LogP) is 1.50. The standard InChI is InChI=1S/C11H13FN4O/c12-8-5-11-10(6-9(8)13)14-15-16(11)7-1-3-17-4-2-7/h5-7H,1-4,13H2. The Hall–Kier alpha value is -1.69. The zero-order valence-corrected chi connectivity index (χ0v) is 9.27. The van der Waals surface area contributed by atoms with Gasteiger partial charge in [0.25, 0.3) is 0 Å². The second-order valence-corrected chi connectivity index (χ2v) is 4.24. The molecular weight excluding hydrogens is 223 g/mol. The second kappa shape index (κ2) is 3.96. The Morgan fingerprint density at radius 2 is 2.12 bits per heavy atom. The Morgan fingerprint density at radius 3 is 2.88 bits per heavy atom. The Balaban J connectivity index is 2.07. The number of halogens is 1. The summed E-state index contributed by atoms with van der Waals surface area (Å²) in [6.45, 7) is 1.42. The SMILES string of the molecule is Nc1cc2nnn(C3CCOCC3)c2cc1F. The average Bonchev–Trinajstić information content (AvgIpc) is 2.74. The molecule has 0 bridgehead atoms. The number of nitrogens with zero attached hydrogens (tertiary/aromatic N) is 3. The first-order chi connectivity index (χ1) is 8.25. The van der Waals surface area contributed by atoms with E-state index in [9.17, 15) is 4.39 Å². The van der Waals surface area contributed by atoms with Crippen molar-refractivity contribution in [2.75, 3.05) is 18.9 Å². The summed E-state index contributed by atoms with van der Waals surface area (Å²) in [6.07, 6.45) is 1.76. The summed E-state index contributed by atoms with van der Waals surface area (Å²) in [7, 11) is 0. The normalized spacial score (nSPS) is 17.7. The number of hydrogen-bond acceptors (Lipinski definition) is 4. The third-order valence-corrected chi connectivity index (χ3v) is 3.13. The lowest BCUT2D eigenvalue weighted by Gasteiger charge is -2.22. The van der Waals surface area contributed by atoms with E-state index in [-0.39, 0.29) is 11.7 Å². The Morgan fingerprint density at radius 1 is 1.35 bits per heavy atom. The van der Waals surface area contributed by atoms with E-state index in [1.165, 1.54) is 12.1 Å². The quantitative estimate of drug-likeness (QED) is 0.762. The number of nitrogen functional groups attached to an aromatic ring is 1. The molecule has 2 heterocycles. The molecule has 0 spiro atoms. The van der Waals surface area contributed by atoms with Gasteiger partial charge in [0.05, 0.1) is 17.2 Å². The second-order valence-electron chi connectivity index (χ2n) is 4.24. The van der Waals surface area contributed by atoms with E-state index in [0.717, 1.165) is 12.8 Å². The molecule has 1 fully saturated rings. The van der Waals surface area contributed by atoms with Crippen LogP contribution in [0, 0.1) is 5.82 Å². The Bertz CT molecular complexity index is 548. The van der Waals surface area contributed by atoms with Gasteiger partial charge < -0.3 is 10.5 Å². The molecule has 2 aromatic rings. The van der Waals surface area contributed by atoms with Crippen LogP contribution in [0.25, 0.3) is 11.0 Å². The van der Waals surface area contributed by atoms with Crippen LogP contribution in [0.1, 0.15) is 18.9 Å². The summed E-state index contributed by atoms with van der Waals surface area (Å²) in [6, 6.07) is 3.16. The van der Waals surface area contributed by atoms with Crippen molar-refractivity contribution in [1.29, 1.82) is 0 Å². The number of fused-ring (bicyclic) bond motifs is 1. The molecule has 1 aromatic heterocycles. The van der Waals surface area contributed by atoms with E-state index in [4.69, 9.17) is 10.5 Å². The smallest absolute Gasteiger partial charge is 0.148 e. The van der Waals surface area contributed by atoms with E-state index in [1.54, 1.807) is 4.68 Å². The molecule has 2 N–H and O–H groups in total. The predicted molar refractivity (Wildman–Crippen MR) is 61.0 cm³/mol. The molecule has 1 aromatic carbocycles. The van der Waals surface area contributed by atoms with E-state index >= 15 is 0 Å². The van der Waals surface area contributed by atoms with Crippen molar-refractivity contribution in [2.45, 2.75) is 18.9 Å². The van der Waals surface area contributed by atoms with Gasteiger partial charge in [-0.3, -0.25) is 0 Å². The van der Waals surface area contributed by atoms with Gasteiger partial charge in [0.15, 0.2) is 0 Å². The molecule has 0 saturated carbocycles. The van der Waals surface area contributed by atoms with E-state index in [1.807, 2.05) is 0 Å². The molecule has 5 nitrogen and oxygen atoms in total. The highest BCUT2D eigenvalue weighted by molar-refractivity contribution is 5.78. The minimum atomic E-state index is -0.423. The zero-order valence-electron chi connectivity index (χ0n) is 9.27. The largest absolute Gasteiger partial charge is 0.396 e. The number of benzene rings is 1. The summed E-state index contributed by atoms with van der Waals surface area (Å²) in [5.41, 5.74) is 6.94. The molecule has 1 aliphatic heterocycles. The van der Waals surface area contributed by atoms with Gasteiger partial charge in [-0.25, -0.2) is 9.07 Å². The molecule has 17 heavy (non-hydrogen) atoms. The highest BCUT2D eigenvalue weighted by atomic mass is 19.1. The number of nitrogens with two attached hydrogens (primary N) is 1. The molecule has 0 unspecified atom stereocenters. The lowest BCUT2D eigenvalue weighted by Crippen LogP contribution is -2.20. The fourth-order valence-corrected chi connectivity index (χ4v) is 2.18. The third-order valence-electron chi connectivity index (χ3n) is 3.13. The van der Waals surface area contributed by atoms with Gasteiger partial charge in [-0.05, 0) is 18.9 Å². The van der Waals surface area contributed by atoms with Crippen molar-refractivity contribution in [3.63, 3.8) is 0 Å². The highest BCUT2D eigenvalue weighted by Gasteiger charge is 2.19. The minimum absolute atomic E-state index is 0.108. The summed E-state index contributed by atoms with van der Waals surface area (Å²) in [5.74, 6) is -0.423. The van der Waals surface area contributed by atoms with Crippen LogP contribution in [0.5, 0.6) is 0 Å². The van der Waals surface area contributed by atoms with E-state index in [0.29, 0.717) is 24.2 Å². The fraction of sp³-hybridized carbons (Fsp3) is 0.455. The van der Waals surface area contributed by atoms with Gasteiger partial charge in [-0.15, -0.1) is 5.10 Å². The topological polar surface area (TPSA) is 66.0 Å². The van der Waals surface area contributed by atoms with Crippen molar-refractivity contribution in [3.05, 3.63) is 17.9 Å². The number of ether oxygens (including phenoxy) is 1. The van der Waals surface area contributed by atoms with Gasteiger partial charge in [-0.2, -0.15) is 0 Å². The van der Waals surface area contributed by atoms with Crippen LogP contribution < -0.4 is 5.73 Å². The fourth-order valence-electron chi connectivity index (χ4n) is 2.18. The molecule has 1 saturated heterocycles. The molecule has 0 aliphatic carbocycles. The maximum absolute atomic E-state index is 13.5. The van der Waals surface area contributed by atoms with Gasteiger partial charge in [0.2, 0.25) is 0 Å². The molecule has 0 amide bonds. The summed E-state index contributed by atoms with van der Waals surface area (Å²) >= 11 is 0. The van der Waals surface area contributed by atoms with Crippen LogP contribution in [0.3, 0.4) is 0 Å². The van der Waals surface area contributed by atoms with Crippen molar-refractivity contribution in [2.24, 2.45) is 0 Å². The van der Waals surface area contributed by atoms with Gasteiger partial charge in [-0.1, -0.05) is 5.21 Å². The summed E-state index contributed by atoms with van der Waals surface area (Å²) in [4.78, 5) is 0. The third kappa shape index (κ3) is 1.74. The average molecular weight is 236 g/mol. The van der Waals surface area contributed by atoms with E-state index < -0.39 is 5.82 Å². The molecule has 6 heteroatoms. The number of anilines is 1. The van der Waals surface area contributed by atoms with Gasteiger partial charge in [0, 0.05) is 19.3 Å². The highest BCUT2D eigenvalue weighted by Crippen LogP contribution is 2.26. The van der Waals surface area contributed by atoms with Crippen LogP contribution in [0.2, 0.25) is 0 Å². The van der Waals surface area contributed by atoms with Gasteiger partial charge >= 0.3 is 0 Å². The lowest BCUT2D eigenvalue weighted by molar-refractivity contribution is 0.0669. The van der Waals surface area contributed by atoms with Crippen molar-refractivity contribution in [1.82, 2.24) is 15.0 Å². The molecule has 0 atom stereocenters. The van der Waals surface area contributed by atoms with Crippen LogP contribution in [0.4, 0.5) is 10.1 Å². The molecule has 3 rings (SSSR count). The van der Waals surface area contributed by atoms with Crippen LogP contribution in [-0.2, 0) is 4.74 Å². The van der Waals surface area contributed by atoms with Crippen molar-refractivity contribution in [3.8, 4) is 0 Å². The molecule has 1 aliphatic rings. The Kier molecular flexibility index (Phi) is 2.44.